The van der Waals surface area contributed by atoms with E-state index < -0.39 is 33.7 Å². The highest BCUT2D eigenvalue weighted by Crippen LogP contribution is 2.31. The first-order valence-corrected chi connectivity index (χ1v) is 9.44. The molecule has 0 unspecified atom stereocenters. The fourth-order valence-electron chi connectivity index (χ4n) is 3.34. The molecule has 2 aliphatic rings. The lowest BCUT2D eigenvalue weighted by atomic mass is 10.1. The van der Waals surface area contributed by atoms with Gasteiger partial charge >= 0.3 is 5.97 Å². The number of rotatable bonds is 4. The lowest BCUT2D eigenvalue weighted by Gasteiger charge is -2.13. The number of aliphatic carboxylic acids is 1. The molecular formula is C16H18N2O6S. The van der Waals surface area contributed by atoms with Crippen LogP contribution in [0.5, 0.6) is 0 Å². The summed E-state index contributed by atoms with van der Waals surface area (Å²) in [4.78, 5) is 35.3. The Morgan fingerprint density at radius 3 is 2.64 bits per heavy atom. The molecule has 1 aromatic carbocycles. The molecular weight excluding hydrogens is 348 g/mol. The van der Waals surface area contributed by atoms with E-state index in [-0.39, 0.29) is 28.6 Å². The Morgan fingerprint density at radius 2 is 2.04 bits per heavy atom. The summed E-state index contributed by atoms with van der Waals surface area (Å²) in [6, 6.07) is 3.70. The highest BCUT2D eigenvalue weighted by molar-refractivity contribution is 7.90. The number of carbonyl (C=O) groups excluding carboxylic acids is 2. The SMILES string of the molecule is CCN1C(=O)c2ccc(C(=O)N[C@@H]3CC[C@H](C(=O)O)C3)cc2S1(=O)=O. The van der Waals surface area contributed by atoms with Gasteiger partial charge in [0.1, 0.15) is 4.90 Å². The first kappa shape index (κ1) is 17.4. The largest absolute Gasteiger partial charge is 0.481 e. The molecule has 2 N–H and O–H groups in total. The van der Waals surface area contributed by atoms with Crippen LogP contribution >= 0.6 is 0 Å². The molecule has 25 heavy (non-hydrogen) atoms. The maximum atomic E-state index is 12.4. The quantitative estimate of drug-likeness (QED) is 0.814. The van der Waals surface area contributed by atoms with Crippen molar-refractivity contribution in [3.8, 4) is 0 Å². The standard InChI is InChI=1S/C16H18N2O6S/c1-2-18-15(20)12-6-4-9(8-13(12)25(18,23)24)14(19)17-11-5-3-10(7-11)16(21)22/h4,6,8,10-11H,2-3,5,7H2,1H3,(H,17,19)(H,21,22)/t10-,11+/m0/s1. The van der Waals surface area contributed by atoms with E-state index in [0.29, 0.717) is 19.3 Å². The van der Waals surface area contributed by atoms with Crippen molar-refractivity contribution < 1.29 is 27.9 Å². The van der Waals surface area contributed by atoms with Gasteiger partial charge in [0.25, 0.3) is 21.8 Å². The molecule has 1 heterocycles. The van der Waals surface area contributed by atoms with Gasteiger partial charge in [-0.05, 0) is 44.4 Å². The highest BCUT2D eigenvalue weighted by Gasteiger charge is 2.40. The number of amides is 2. The van der Waals surface area contributed by atoms with Crippen LogP contribution in [0.1, 0.15) is 46.9 Å². The highest BCUT2D eigenvalue weighted by atomic mass is 32.2. The van der Waals surface area contributed by atoms with Gasteiger partial charge in [0, 0.05) is 18.2 Å². The summed E-state index contributed by atoms with van der Waals surface area (Å²) in [6.07, 6.45) is 1.42. The lowest BCUT2D eigenvalue weighted by Crippen LogP contribution is -2.33. The number of hydrogen-bond donors (Lipinski definition) is 2. The fraction of sp³-hybridized carbons (Fsp3) is 0.438. The summed E-state index contributed by atoms with van der Waals surface area (Å²) in [5.41, 5.74) is 0.192. The fourth-order valence-corrected chi connectivity index (χ4v) is 4.94. The van der Waals surface area contributed by atoms with Gasteiger partial charge in [-0.2, -0.15) is 0 Å². The monoisotopic (exact) mass is 366 g/mol. The second-order valence-electron chi connectivity index (χ2n) is 6.20. The molecule has 0 bridgehead atoms. The van der Waals surface area contributed by atoms with Gasteiger partial charge in [-0.25, -0.2) is 12.7 Å². The van der Waals surface area contributed by atoms with E-state index in [1.54, 1.807) is 6.92 Å². The van der Waals surface area contributed by atoms with Crippen LogP contribution in [0.2, 0.25) is 0 Å². The molecule has 3 rings (SSSR count). The lowest BCUT2D eigenvalue weighted by molar-refractivity contribution is -0.141. The zero-order chi connectivity index (χ0) is 18.4. The van der Waals surface area contributed by atoms with Crippen LogP contribution in [0.15, 0.2) is 23.1 Å². The average Bonchev–Trinajstić information content (AvgIpc) is 3.09. The van der Waals surface area contributed by atoms with Crippen LogP contribution in [0, 0.1) is 5.92 Å². The Morgan fingerprint density at radius 1 is 1.32 bits per heavy atom. The zero-order valence-corrected chi connectivity index (χ0v) is 14.4. The van der Waals surface area contributed by atoms with E-state index in [1.807, 2.05) is 0 Å². The summed E-state index contributed by atoms with van der Waals surface area (Å²) in [5.74, 6) is -2.42. The van der Waals surface area contributed by atoms with Crippen molar-refractivity contribution in [1.29, 1.82) is 0 Å². The molecule has 9 heteroatoms. The zero-order valence-electron chi connectivity index (χ0n) is 13.6. The molecule has 134 valence electrons. The number of benzene rings is 1. The van der Waals surface area contributed by atoms with Crippen LogP contribution in [0.3, 0.4) is 0 Å². The topological polar surface area (TPSA) is 121 Å². The second-order valence-corrected chi connectivity index (χ2v) is 8.04. The molecule has 1 saturated carbocycles. The normalized spacial score (nSPS) is 24.2. The number of carboxylic acids is 1. The summed E-state index contributed by atoms with van der Waals surface area (Å²) in [6.45, 7) is 1.59. The molecule has 1 aliphatic carbocycles. The van der Waals surface area contributed by atoms with Gasteiger partial charge < -0.3 is 10.4 Å². The number of carboxylic acid groups (broad SMARTS) is 1. The van der Waals surface area contributed by atoms with Crippen molar-refractivity contribution in [3.63, 3.8) is 0 Å². The van der Waals surface area contributed by atoms with E-state index in [9.17, 15) is 22.8 Å². The number of carbonyl (C=O) groups is 3. The third-order valence-electron chi connectivity index (χ3n) is 4.67. The van der Waals surface area contributed by atoms with Crippen molar-refractivity contribution >= 4 is 27.8 Å². The maximum Gasteiger partial charge on any atom is 0.306 e. The number of nitrogens with one attached hydrogen (secondary N) is 1. The Hall–Kier alpha value is -2.42. The van der Waals surface area contributed by atoms with Gasteiger partial charge in [-0.3, -0.25) is 14.4 Å². The molecule has 1 aliphatic heterocycles. The number of fused-ring (bicyclic) bond motifs is 1. The first-order chi connectivity index (χ1) is 11.8. The van der Waals surface area contributed by atoms with E-state index in [2.05, 4.69) is 5.32 Å². The molecule has 2 atom stereocenters. The molecule has 0 aromatic heterocycles. The van der Waals surface area contributed by atoms with Crippen LogP contribution in [0.25, 0.3) is 0 Å². The Kier molecular flexibility index (Phi) is 4.28. The van der Waals surface area contributed by atoms with Gasteiger partial charge in [0.15, 0.2) is 0 Å². The predicted molar refractivity (Wildman–Crippen MR) is 86.6 cm³/mol. The third kappa shape index (κ3) is 2.88. The molecule has 0 saturated heterocycles. The van der Waals surface area contributed by atoms with Crippen LogP contribution in [-0.4, -0.2) is 48.2 Å². The first-order valence-electron chi connectivity index (χ1n) is 8.00. The van der Waals surface area contributed by atoms with Crippen molar-refractivity contribution in [2.75, 3.05) is 6.54 Å². The van der Waals surface area contributed by atoms with Gasteiger partial charge in [0.2, 0.25) is 0 Å². The number of hydrogen-bond acceptors (Lipinski definition) is 5. The average molecular weight is 366 g/mol. The minimum Gasteiger partial charge on any atom is -0.481 e. The maximum absolute atomic E-state index is 12.4. The Balaban J connectivity index is 1.81. The van der Waals surface area contributed by atoms with E-state index in [4.69, 9.17) is 5.11 Å². The molecule has 8 nitrogen and oxygen atoms in total. The van der Waals surface area contributed by atoms with Crippen LogP contribution < -0.4 is 5.32 Å². The molecule has 2 amide bonds. The summed E-state index contributed by atoms with van der Waals surface area (Å²) in [7, 11) is -3.92. The van der Waals surface area contributed by atoms with E-state index in [0.717, 1.165) is 4.31 Å². The van der Waals surface area contributed by atoms with Gasteiger partial charge in [-0.15, -0.1) is 0 Å². The minimum atomic E-state index is -3.92. The molecule has 1 aromatic rings. The Labute approximate surface area is 144 Å². The minimum absolute atomic E-state index is 0.0238. The Bertz CT molecular complexity index is 863. The van der Waals surface area contributed by atoms with Crippen molar-refractivity contribution in [1.82, 2.24) is 9.62 Å². The van der Waals surface area contributed by atoms with E-state index in [1.165, 1.54) is 18.2 Å². The van der Waals surface area contributed by atoms with Crippen LogP contribution in [0.4, 0.5) is 0 Å². The van der Waals surface area contributed by atoms with Crippen molar-refractivity contribution in [2.45, 2.75) is 37.1 Å². The smallest absolute Gasteiger partial charge is 0.306 e. The van der Waals surface area contributed by atoms with Crippen molar-refractivity contribution in [2.24, 2.45) is 5.92 Å². The second kappa shape index (κ2) is 6.14. The van der Waals surface area contributed by atoms with Gasteiger partial charge in [-0.1, -0.05) is 0 Å². The molecule has 0 spiro atoms. The number of sulfonamides is 1. The predicted octanol–water partition coefficient (Wildman–Crippen LogP) is 0.834. The van der Waals surface area contributed by atoms with Crippen LogP contribution in [-0.2, 0) is 14.8 Å². The summed E-state index contributed by atoms with van der Waals surface area (Å²) < 4.78 is 25.5. The van der Waals surface area contributed by atoms with Crippen molar-refractivity contribution in [3.05, 3.63) is 29.3 Å². The molecule has 1 fully saturated rings. The third-order valence-corrected chi connectivity index (χ3v) is 6.57. The van der Waals surface area contributed by atoms with Gasteiger partial charge in [0.05, 0.1) is 11.5 Å². The number of nitrogens with zero attached hydrogens (tertiary/aromatic N) is 1. The summed E-state index contributed by atoms with van der Waals surface area (Å²) >= 11 is 0. The summed E-state index contributed by atoms with van der Waals surface area (Å²) in [5, 5.41) is 11.7. The van der Waals surface area contributed by atoms with E-state index >= 15 is 0 Å². The molecule has 0 radical (unpaired) electrons.